The highest BCUT2D eigenvalue weighted by Crippen LogP contribution is 2.11. The van der Waals surface area contributed by atoms with Crippen molar-refractivity contribution in [3.8, 4) is 5.75 Å². The monoisotopic (exact) mass is 398 g/mol. The van der Waals surface area contributed by atoms with E-state index in [1.54, 1.807) is 18.2 Å². The minimum atomic E-state index is -0.717. The predicted octanol–water partition coefficient (Wildman–Crippen LogP) is 0.606. The summed E-state index contributed by atoms with van der Waals surface area (Å²) in [4.78, 5) is 34.0. The third-order valence-electron chi connectivity index (χ3n) is 3.37. The van der Waals surface area contributed by atoms with Gasteiger partial charge in [0.2, 0.25) is 5.91 Å². The number of carbonyl (C=O) groups is 3. The average Bonchev–Trinajstić information content (AvgIpc) is 2.58. The van der Waals surface area contributed by atoms with Gasteiger partial charge in [-0.15, -0.1) is 0 Å². The van der Waals surface area contributed by atoms with Gasteiger partial charge in [0.05, 0.1) is 6.04 Å². The van der Waals surface area contributed by atoms with Gasteiger partial charge in [-0.3, -0.25) is 14.4 Å². The Hall–Kier alpha value is -2.26. The van der Waals surface area contributed by atoms with Gasteiger partial charge in [-0.2, -0.15) is 11.8 Å². The van der Waals surface area contributed by atoms with Crippen molar-refractivity contribution >= 4 is 29.6 Å². The number of carbonyl (C=O) groups excluding carboxylic acids is 3. The van der Waals surface area contributed by atoms with E-state index in [-0.39, 0.29) is 18.3 Å². The van der Waals surface area contributed by atoms with E-state index >= 15 is 0 Å². The van der Waals surface area contributed by atoms with Crippen LogP contribution in [0.15, 0.2) is 24.3 Å². The van der Waals surface area contributed by atoms with Gasteiger partial charge >= 0.3 is 11.9 Å². The van der Waals surface area contributed by atoms with Crippen LogP contribution in [-0.2, 0) is 30.3 Å². The van der Waals surface area contributed by atoms with Gasteiger partial charge in [-0.1, -0.05) is 12.1 Å². The van der Waals surface area contributed by atoms with Crippen LogP contribution in [0.2, 0.25) is 0 Å². The molecule has 2 atom stereocenters. The number of benzene rings is 1. The standard InChI is InChI=1S/C18H26N2O6S/c1-12(21)25-9-16(26-13(2)22)10-27-11-17(19)18(24)20-7-6-14-4-3-5-15(23)8-14/h3-5,8,16-17,23H,6-7,9-11,19H2,1-2H3,(H,20,24). The minimum absolute atomic E-state index is 0.0345. The predicted molar refractivity (Wildman–Crippen MR) is 102 cm³/mol. The first-order valence-corrected chi connectivity index (χ1v) is 9.63. The number of aromatic hydroxyl groups is 1. The van der Waals surface area contributed by atoms with Gasteiger partial charge in [-0.25, -0.2) is 0 Å². The van der Waals surface area contributed by atoms with Crippen molar-refractivity contribution in [3.05, 3.63) is 29.8 Å². The maximum Gasteiger partial charge on any atom is 0.303 e. The summed E-state index contributed by atoms with van der Waals surface area (Å²) in [6, 6.07) is 6.11. The lowest BCUT2D eigenvalue weighted by Gasteiger charge is -2.17. The van der Waals surface area contributed by atoms with Crippen molar-refractivity contribution in [2.75, 3.05) is 24.7 Å². The van der Waals surface area contributed by atoms with E-state index in [9.17, 15) is 19.5 Å². The second-order valence-electron chi connectivity index (χ2n) is 5.89. The lowest BCUT2D eigenvalue weighted by molar-refractivity contribution is -0.154. The summed E-state index contributed by atoms with van der Waals surface area (Å²) in [5, 5.41) is 12.2. The lowest BCUT2D eigenvalue weighted by Crippen LogP contribution is -2.43. The molecule has 0 radical (unpaired) electrons. The first kappa shape index (κ1) is 22.8. The largest absolute Gasteiger partial charge is 0.508 e. The molecular formula is C18H26N2O6S. The molecule has 8 nitrogen and oxygen atoms in total. The van der Waals surface area contributed by atoms with E-state index in [0.29, 0.717) is 24.5 Å². The summed E-state index contributed by atoms with van der Waals surface area (Å²) in [6.07, 6.45) is -0.00545. The fraction of sp³-hybridized carbons (Fsp3) is 0.500. The Morgan fingerprint density at radius 1 is 1.22 bits per heavy atom. The molecule has 1 aromatic carbocycles. The molecule has 0 aliphatic carbocycles. The molecule has 0 bridgehead atoms. The molecular weight excluding hydrogens is 372 g/mol. The molecule has 9 heteroatoms. The summed E-state index contributed by atoms with van der Waals surface area (Å²) in [6.45, 7) is 2.92. The number of hydrogen-bond donors (Lipinski definition) is 3. The fourth-order valence-electron chi connectivity index (χ4n) is 2.14. The van der Waals surface area contributed by atoms with Crippen molar-refractivity contribution in [1.82, 2.24) is 5.32 Å². The molecule has 0 spiro atoms. The van der Waals surface area contributed by atoms with Crippen LogP contribution in [0, 0.1) is 0 Å². The molecule has 27 heavy (non-hydrogen) atoms. The van der Waals surface area contributed by atoms with Gasteiger partial charge in [0.15, 0.2) is 0 Å². The Kier molecular flexibility index (Phi) is 10.3. The van der Waals surface area contributed by atoms with E-state index in [2.05, 4.69) is 5.32 Å². The van der Waals surface area contributed by atoms with Crippen molar-refractivity contribution in [2.24, 2.45) is 5.73 Å². The zero-order valence-corrected chi connectivity index (χ0v) is 16.3. The third-order valence-corrected chi connectivity index (χ3v) is 4.57. The molecule has 2 unspecified atom stereocenters. The number of nitrogens with two attached hydrogens (primary N) is 1. The minimum Gasteiger partial charge on any atom is -0.508 e. The number of phenolic OH excluding ortho intramolecular Hbond substituents is 1. The molecule has 0 saturated heterocycles. The highest BCUT2D eigenvalue weighted by Gasteiger charge is 2.17. The normalized spacial score (nSPS) is 12.7. The van der Waals surface area contributed by atoms with E-state index in [0.717, 1.165) is 5.56 Å². The maximum atomic E-state index is 12.0. The molecule has 0 aromatic heterocycles. The second kappa shape index (κ2) is 12.2. The van der Waals surface area contributed by atoms with Crippen LogP contribution in [0.25, 0.3) is 0 Å². The van der Waals surface area contributed by atoms with E-state index in [1.807, 2.05) is 6.07 Å². The lowest BCUT2D eigenvalue weighted by atomic mass is 10.1. The molecule has 0 fully saturated rings. The van der Waals surface area contributed by atoms with Gasteiger partial charge in [0, 0.05) is 31.9 Å². The number of hydrogen-bond acceptors (Lipinski definition) is 8. The van der Waals surface area contributed by atoms with E-state index < -0.39 is 24.1 Å². The molecule has 150 valence electrons. The number of esters is 2. The summed E-state index contributed by atoms with van der Waals surface area (Å²) < 4.78 is 9.92. The number of thioether (sulfide) groups is 1. The SMILES string of the molecule is CC(=O)OCC(CSCC(N)C(=O)NCCc1cccc(O)c1)OC(C)=O. The van der Waals surface area contributed by atoms with Crippen molar-refractivity contribution in [1.29, 1.82) is 0 Å². The Bertz CT molecular complexity index is 640. The van der Waals surface area contributed by atoms with Crippen molar-refractivity contribution in [2.45, 2.75) is 32.4 Å². The summed E-state index contributed by atoms with van der Waals surface area (Å²) in [5.74, 6) is -0.344. The van der Waals surface area contributed by atoms with E-state index in [4.69, 9.17) is 15.2 Å². The van der Waals surface area contributed by atoms with Crippen LogP contribution in [0.4, 0.5) is 0 Å². The topological polar surface area (TPSA) is 128 Å². The maximum absolute atomic E-state index is 12.0. The molecule has 0 aliphatic rings. The van der Waals surface area contributed by atoms with E-state index in [1.165, 1.54) is 25.6 Å². The highest BCUT2D eigenvalue weighted by atomic mass is 32.2. The molecule has 0 saturated carbocycles. The van der Waals surface area contributed by atoms with Gasteiger partial charge in [0.1, 0.15) is 18.5 Å². The van der Waals surface area contributed by atoms with Crippen LogP contribution in [-0.4, -0.2) is 59.8 Å². The van der Waals surface area contributed by atoms with Gasteiger partial charge in [-0.05, 0) is 24.1 Å². The number of ether oxygens (including phenoxy) is 2. The van der Waals surface area contributed by atoms with Crippen molar-refractivity contribution < 1.29 is 29.0 Å². The number of nitrogens with one attached hydrogen (secondary N) is 1. The van der Waals surface area contributed by atoms with Crippen LogP contribution < -0.4 is 11.1 Å². The molecule has 1 aromatic rings. The smallest absolute Gasteiger partial charge is 0.303 e. The first-order valence-electron chi connectivity index (χ1n) is 8.47. The molecule has 0 aliphatic heterocycles. The average molecular weight is 398 g/mol. The number of amides is 1. The van der Waals surface area contributed by atoms with Gasteiger partial charge in [0.25, 0.3) is 0 Å². The zero-order chi connectivity index (χ0) is 20.2. The molecule has 1 rings (SSSR count). The highest BCUT2D eigenvalue weighted by molar-refractivity contribution is 7.99. The Balaban J connectivity index is 2.30. The zero-order valence-electron chi connectivity index (χ0n) is 15.5. The Labute approximate surface area is 162 Å². The number of phenols is 1. The second-order valence-corrected chi connectivity index (χ2v) is 6.96. The van der Waals surface area contributed by atoms with Crippen LogP contribution in [0.1, 0.15) is 19.4 Å². The van der Waals surface area contributed by atoms with Crippen LogP contribution in [0.5, 0.6) is 5.75 Å². The van der Waals surface area contributed by atoms with Crippen LogP contribution in [0.3, 0.4) is 0 Å². The summed E-state index contributed by atoms with van der Waals surface area (Å²) >= 11 is 1.34. The molecule has 4 N–H and O–H groups in total. The first-order chi connectivity index (χ1) is 12.8. The Morgan fingerprint density at radius 2 is 1.96 bits per heavy atom. The third kappa shape index (κ3) is 10.5. The Morgan fingerprint density at radius 3 is 2.59 bits per heavy atom. The van der Waals surface area contributed by atoms with Crippen molar-refractivity contribution in [3.63, 3.8) is 0 Å². The summed E-state index contributed by atoms with van der Waals surface area (Å²) in [5.41, 5.74) is 6.77. The summed E-state index contributed by atoms with van der Waals surface area (Å²) in [7, 11) is 0. The molecule has 1 amide bonds. The van der Waals surface area contributed by atoms with Crippen LogP contribution >= 0.6 is 11.8 Å². The molecule has 0 heterocycles. The number of rotatable bonds is 11. The fourth-order valence-corrected chi connectivity index (χ4v) is 3.10. The van der Waals surface area contributed by atoms with Gasteiger partial charge < -0.3 is 25.6 Å². The quantitative estimate of drug-likeness (QED) is 0.463.